The van der Waals surface area contributed by atoms with Crippen molar-refractivity contribution < 1.29 is 54.4 Å². The summed E-state index contributed by atoms with van der Waals surface area (Å²) in [5.74, 6) is -1.68. The van der Waals surface area contributed by atoms with E-state index in [0.717, 1.165) is 12.0 Å². The molecule has 0 radical (unpaired) electrons. The van der Waals surface area contributed by atoms with E-state index in [-0.39, 0.29) is 36.2 Å². The third-order valence-electron chi connectivity index (χ3n) is 12.0. The number of hydrogen-bond acceptors (Lipinski definition) is 10. The van der Waals surface area contributed by atoms with Crippen LogP contribution in [0.1, 0.15) is 64.7 Å². The van der Waals surface area contributed by atoms with Gasteiger partial charge in [-0.2, -0.15) is 0 Å². The predicted octanol–water partition coefficient (Wildman–Crippen LogP) is 0.493. The van der Waals surface area contributed by atoms with Crippen LogP contribution >= 0.6 is 0 Å². The molecular weight excluding hydrogens is 524 g/mol. The summed E-state index contributed by atoms with van der Waals surface area (Å²) in [6.07, 6.45) is -0.480. The molecule has 11 nitrogen and oxygen atoms in total. The summed E-state index contributed by atoms with van der Waals surface area (Å²) in [5, 5.41) is 63.3. The van der Waals surface area contributed by atoms with Gasteiger partial charge in [-0.25, -0.2) is 4.79 Å². The number of carboxylic acid groups (broad SMARTS) is 1. The second kappa shape index (κ2) is 10.00. The average Bonchev–Trinajstić information content (AvgIpc) is 3.48. The highest BCUT2D eigenvalue weighted by atomic mass is 16.7. The lowest BCUT2D eigenvalue weighted by Crippen LogP contribution is -2.65. The van der Waals surface area contributed by atoms with E-state index in [1.54, 1.807) is 6.08 Å². The fourth-order valence-electron chi connectivity index (χ4n) is 9.93. The van der Waals surface area contributed by atoms with Crippen LogP contribution in [0.25, 0.3) is 0 Å². The van der Waals surface area contributed by atoms with Gasteiger partial charge in [0.2, 0.25) is 0 Å². The molecule has 6 rings (SSSR count). The standard InChI is InChI=1S/C29H42O11/c1-27-7-5-18-19(29(27,37)9-6-17(27)14-10-21(31)38-13-14)3-2-15-11-16(4-8-28(15,18)26(35)36)39-25-24(34)23(33)22(32)20(12-30)40-25/h10,15-20,22-25,30,32-34,37H,2-9,11-13H2,1H3,(H,35,36)/t15-,16-,17+,18-,19+,20+,22+,23-,24+,25+,27+,28+,29-/m0/s1. The molecule has 0 aromatic carbocycles. The molecule has 4 saturated carbocycles. The third kappa shape index (κ3) is 3.95. The molecule has 13 atom stereocenters. The minimum Gasteiger partial charge on any atom is -0.481 e. The molecule has 4 aliphatic carbocycles. The summed E-state index contributed by atoms with van der Waals surface area (Å²) in [6.45, 7) is 1.82. The topological polar surface area (TPSA) is 183 Å². The summed E-state index contributed by atoms with van der Waals surface area (Å²) < 4.78 is 16.8. The number of aliphatic hydroxyl groups is 5. The van der Waals surface area contributed by atoms with Gasteiger partial charge in [0, 0.05) is 11.5 Å². The number of hydrogen-bond donors (Lipinski definition) is 6. The van der Waals surface area contributed by atoms with Gasteiger partial charge in [-0.1, -0.05) is 6.92 Å². The molecule has 0 bridgehead atoms. The van der Waals surface area contributed by atoms with Gasteiger partial charge < -0.3 is 44.8 Å². The van der Waals surface area contributed by atoms with E-state index in [1.165, 1.54) is 0 Å². The fourth-order valence-corrected chi connectivity index (χ4v) is 9.93. The van der Waals surface area contributed by atoms with Crippen LogP contribution in [-0.2, 0) is 23.8 Å². The zero-order valence-electron chi connectivity index (χ0n) is 22.9. The molecule has 2 aliphatic heterocycles. The fraction of sp³-hybridized carbons (Fsp3) is 0.862. The van der Waals surface area contributed by atoms with E-state index in [0.29, 0.717) is 51.4 Å². The quantitative estimate of drug-likeness (QED) is 0.201. The van der Waals surface area contributed by atoms with Crippen molar-refractivity contribution in [1.82, 2.24) is 0 Å². The lowest BCUT2D eigenvalue weighted by molar-refractivity contribution is -0.317. The first-order chi connectivity index (χ1) is 19.0. The Hall–Kier alpha value is -1.60. The number of carbonyl (C=O) groups excluding carboxylic acids is 1. The Morgan fingerprint density at radius 2 is 1.80 bits per heavy atom. The number of rotatable bonds is 5. The van der Waals surface area contributed by atoms with Crippen molar-refractivity contribution in [3.05, 3.63) is 11.6 Å². The Balaban J connectivity index is 1.21. The van der Waals surface area contributed by atoms with E-state index in [9.17, 15) is 40.2 Å². The maximum absolute atomic E-state index is 13.1. The molecule has 40 heavy (non-hydrogen) atoms. The van der Waals surface area contributed by atoms with Crippen LogP contribution in [0.4, 0.5) is 0 Å². The first kappa shape index (κ1) is 28.5. The lowest BCUT2D eigenvalue weighted by Gasteiger charge is -2.63. The molecule has 0 aromatic rings. The molecule has 0 unspecified atom stereocenters. The number of carboxylic acids is 1. The van der Waals surface area contributed by atoms with Crippen LogP contribution in [0.2, 0.25) is 0 Å². The van der Waals surface area contributed by atoms with Gasteiger partial charge in [-0.15, -0.1) is 0 Å². The second-order valence-corrected chi connectivity index (χ2v) is 13.4. The largest absolute Gasteiger partial charge is 0.481 e. The van der Waals surface area contributed by atoms with Crippen LogP contribution in [0, 0.1) is 34.5 Å². The molecule has 6 aliphatic rings. The van der Waals surface area contributed by atoms with E-state index in [2.05, 4.69) is 6.92 Å². The second-order valence-electron chi connectivity index (χ2n) is 13.4. The van der Waals surface area contributed by atoms with Crippen molar-refractivity contribution in [3.63, 3.8) is 0 Å². The van der Waals surface area contributed by atoms with Crippen LogP contribution in [0.15, 0.2) is 11.6 Å². The van der Waals surface area contributed by atoms with Crippen molar-refractivity contribution in [2.24, 2.45) is 34.5 Å². The van der Waals surface area contributed by atoms with Gasteiger partial charge >= 0.3 is 11.9 Å². The van der Waals surface area contributed by atoms with E-state index in [1.807, 2.05) is 0 Å². The van der Waals surface area contributed by atoms with Gasteiger partial charge in [0.25, 0.3) is 0 Å². The zero-order chi connectivity index (χ0) is 28.6. The Labute approximate surface area is 233 Å². The van der Waals surface area contributed by atoms with Crippen molar-refractivity contribution in [2.75, 3.05) is 13.2 Å². The number of ether oxygens (including phenoxy) is 3. The lowest BCUT2D eigenvalue weighted by atomic mass is 9.42. The van der Waals surface area contributed by atoms with Gasteiger partial charge in [-0.3, -0.25) is 4.79 Å². The van der Waals surface area contributed by atoms with Crippen molar-refractivity contribution in [3.8, 4) is 0 Å². The highest BCUT2D eigenvalue weighted by molar-refractivity contribution is 5.85. The minimum absolute atomic E-state index is 0.0334. The predicted molar refractivity (Wildman–Crippen MR) is 136 cm³/mol. The summed E-state index contributed by atoms with van der Waals surface area (Å²) in [7, 11) is 0. The molecular formula is C29H42O11. The summed E-state index contributed by atoms with van der Waals surface area (Å²) in [5.41, 5.74) is -1.54. The van der Waals surface area contributed by atoms with Gasteiger partial charge in [0.1, 0.15) is 31.0 Å². The maximum atomic E-state index is 13.1. The molecule has 224 valence electrons. The molecule has 6 N–H and O–H groups in total. The number of aliphatic carboxylic acids is 1. The number of carbonyl (C=O) groups is 2. The van der Waals surface area contributed by atoms with Crippen LogP contribution in [0.5, 0.6) is 0 Å². The molecule has 5 fully saturated rings. The number of esters is 1. The maximum Gasteiger partial charge on any atom is 0.331 e. The van der Waals surface area contributed by atoms with Gasteiger partial charge in [-0.05, 0) is 87.0 Å². The van der Waals surface area contributed by atoms with Crippen molar-refractivity contribution in [2.45, 2.75) is 107 Å². The third-order valence-corrected chi connectivity index (χ3v) is 12.0. The van der Waals surface area contributed by atoms with Crippen LogP contribution in [0.3, 0.4) is 0 Å². The Bertz CT molecular complexity index is 1060. The van der Waals surface area contributed by atoms with Crippen molar-refractivity contribution in [1.29, 1.82) is 0 Å². The van der Waals surface area contributed by atoms with Crippen molar-refractivity contribution >= 4 is 11.9 Å². The molecule has 0 spiro atoms. The molecule has 2 heterocycles. The van der Waals surface area contributed by atoms with Crippen LogP contribution in [-0.4, -0.2) is 98.2 Å². The Morgan fingerprint density at radius 1 is 1.02 bits per heavy atom. The molecule has 0 amide bonds. The smallest absolute Gasteiger partial charge is 0.331 e. The number of aliphatic hydroxyl groups excluding tert-OH is 4. The normalized spacial score (nSPS) is 52.2. The monoisotopic (exact) mass is 566 g/mol. The average molecular weight is 567 g/mol. The summed E-state index contributed by atoms with van der Waals surface area (Å²) in [6, 6.07) is 0. The highest BCUT2D eigenvalue weighted by Crippen LogP contribution is 2.70. The first-order valence-corrected chi connectivity index (χ1v) is 14.7. The number of fused-ring (bicyclic) bond motifs is 5. The highest BCUT2D eigenvalue weighted by Gasteiger charge is 2.70. The summed E-state index contributed by atoms with van der Waals surface area (Å²) in [4.78, 5) is 24.9. The number of cyclic esters (lactones) is 1. The van der Waals surface area contributed by atoms with Gasteiger partial charge in [0.15, 0.2) is 6.29 Å². The Morgan fingerprint density at radius 3 is 2.48 bits per heavy atom. The molecule has 0 aromatic heterocycles. The first-order valence-electron chi connectivity index (χ1n) is 14.7. The minimum atomic E-state index is -1.54. The van der Waals surface area contributed by atoms with E-state index < -0.39 is 65.8 Å². The zero-order valence-corrected chi connectivity index (χ0v) is 22.9. The van der Waals surface area contributed by atoms with E-state index >= 15 is 0 Å². The van der Waals surface area contributed by atoms with Crippen LogP contribution < -0.4 is 0 Å². The Kier molecular flexibility index (Phi) is 7.13. The summed E-state index contributed by atoms with van der Waals surface area (Å²) >= 11 is 0. The molecule has 1 saturated heterocycles. The SMILES string of the molecule is C[C@]12CC[C@H]3[C@@H](CC[C@H]4C[C@@H](O[C@@H]5O[C@H](CO)[C@@H](O)[C@H](O)[C@H]5O)CC[C@@]43C(=O)O)[C@@]1(O)CC[C@@H]2C1=CC(=O)OC1. The van der Waals surface area contributed by atoms with E-state index in [4.69, 9.17) is 14.2 Å². The molecule has 11 heteroatoms. The van der Waals surface area contributed by atoms with Gasteiger partial charge in [0.05, 0.1) is 23.7 Å².